The van der Waals surface area contributed by atoms with Crippen molar-refractivity contribution in [1.82, 2.24) is 20.2 Å². The van der Waals surface area contributed by atoms with Crippen molar-refractivity contribution in [3.8, 4) is 0 Å². The van der Waals surface area contributed by atoms with Crippen LogP contribution in [0.15, 0.2) is 48.7 Å². The summed E-state index contributed by atoms with van der Waals surface area (Å²) in [5.74, 6) is 0.195. The first-order valence-electron chi connectivity index (χ1n) is 15.6. The number of aromatic nitrogens is 2. The maximum absolute atomic E-state index is 15.2. The molecule has 6 rings (SSSR count). The lowest BCUT2D eigenvalue weighted by molar-refractivity contribution is 0.0929. The minimum atomic E-state index is -0.732. The lowest BCUT2D eigenvalue weighted by Gasteiger charge is -2.40. The Bertz CT molecular complexity index is 1500. The maximum Gasteiger partial charge on any atom is 0.271 e. The molecular formula is C33H41FN8O2. The first-order valence-corrected chi connectivity index (χ1v) is 15.6. The number of hydrogen-bond donors (Lipinski definition) is 3. The predicted octanol–water partition coefficient (Wildman–Crippen LogP) is 4.26. The van der Waals surface area contributed by atoms with Crippen LogP contribution in [0.25, 0.3) is 0 Å². The highest BCUT2D eigenvalue weighted by Crippen LogP contribution is 2.40. The molecule has 3 aromatic rings. The molecule has 44 heavy (non-hydrogen) atoms. The molecular weight excluding hydrogens is 559 g/mol. The van der Waals surface area contributed by atoms with Crippen molar-refractivity contribution in [1.29, 1.82) is 0 Å². The van der Waals surface area contributed by atoms with Crippen molar-refractivity contribution in [2.45, 2.75) is 57.0 Å². The second kappa shape index (κ2) is 12.8. The zero-order valence-electron chi connectivity index (χ0n) is 25.4. The van der Waals surface area contributed by atoms with E-state index in [0.29, 0.717) is 35.2 Å². The summed E-state index contributed by atoms with van der Waals surface area (Å²) >= 11 is 0. The molecule has 1 aromatic heterocycles. The molecule has 10 nitrogen and oxygen atoms in total. The lowest BCUT2D eigenvalue weighted by atomic mass is 9.96. The summed E-state index contributed by atoms with van der Waals surface area (Å²) in [5.41, 5.74) is 8.56. The van der Waals surface area contributed by atoms with Crippen LogP contribution in [0.4, 0.5) is 27.4 Å². The Balaban J connectivity index is 1.18. The summed E-state index contributed by atoms with van der Waals surface area (Å²) in [6, 6.07) is 13.0. The second-order valence-corrected chi connectivity index (χ2v) is 12.2. The highest BCUT2D eigenvalue weighted by molar-refractivity contribution is 5.96. The van der Waals surface area contributed by atoms with Crippen LogP contribution in [0.5, 0.6) is 0 Å². The Morgan fingerprint density at radius 3 is 2.43 bits per heavy atom. The summed E-state index contributed by atoms with van der Waals surface area (Å²) < 4.78 is 15.2. The minimum Gasteiger partial charge on any atom is -0.367 e. The molecule has 11 heteroatoms. The highest BCUT2D eigenvalue weighted by Gasteiger charge is 2.31. The zero-order chi connectivity index (χ0) is 30.8. The number of piperidine rings is 1. The number of rotatable bonds is 9. The van der Waals surface area contributed by atoms with E-state index in [0.717, 1.165) is 45.4 Å². The molecule has 2 atom stereocenters. The van der Waals surface area contributed by atoms with E-state index < -0.39 is 5.91 Å². The number of likely N-dealkylation sites (N-methyl/N-ethyl adjacent to an activating group) is 1. The smallest absolute Gasteiger partial charge is 0.271 e. The minimum absolute atomic E-state index is 0.0261. The van der Waals surface area contributed by atoms with Gasteiger partial charge in [-0.15, -0.1) is 0 Å². The number of primary amides is 1. The molecule has 0 spiro atoms. The van der Waals surface area contributed by atoms with Gasteiger partial charge in [0.25, 0.3) is 11.8 Å². The molecule has 3 heterocycles. The number of nitrogens with one attached hydrogen (secondary N) is 2. The molecule has 1 aliphatic carbocycles. The van der Waals surface area contributed by atoms with Crippen LogP contribution in [-0.4, -0.2) is 78.5 Å². The number of benzene rings is 2. The highest BCUT2D eigenvalue weighted by atomic mass is 19.1. The van der Waals surface area contributed by atoms with Gasteiger partial charge in [-0.1, -0.05) is 19.1 Å². The molecule has 0 unspecified atom stereocenters. The fourth-order valence-electron chi connectivity index (χ4n) is 6.25. The Kier molecular flexibility index (Phi) is 8.65. The van der Waals surface area contributed by atoms with Crippen LogP contribution in [0.2, 0.25) is 0 Å². The summed E-state index contributed by atoms with van der Waals surface area (Å²) in [6.07, 6.45) is 6.59. The van der Waals surface area contributed by atoms with Gasteiger partial charge in [-0.05, 0) is 81.0 Å². The van der Waals surface area contributed by atoms with Gasteiger partial charge in [0.05, 0.1) is 11.9 Å². The van der Waals surface area contributed by atoms with Crippen molar-refractivity contribution in [3.63, 3.8) is 0 Å². The predicted molar refractivity (Wildman–Crippen MR) is 170 cm³/mol. The van der Waals surface area contributed by atoms with Crippen molar-refractivity contribution in [2.24, 2.45) is 5.73 Å². The number of carbonyl (C=O) groups excluding carboxylic acids is 2. The van der Waals surface area contributed by atoms with Crippen molar-refractivity contribution >= 4 is 34.8 Å². The van der Waals surface area contributed by atoms with Gasteiger partial charge >= 0.3 is 0 Å². The number of carbonyl (C=O) groups is 2. The Hall–Kier alpha value is -4.25. The fraction of sp³-hybridized carbons (Fsp3) is 0.455. The standard InChI is InChI=1S/C33H41FN8O2/c1-3-26-12-10-25(38-33(44)23-8-6-22(7-9-23)21-4-5-21)20-42(26)29-19-36-30(31(35)43)32(39-29)37-24-11-13-28(27(34)18-24)41-16-14-40(2)15-17-41/h6-9,11,13,18-19,21,25-26H,3-5,10,12,14-17,20H2,1-2H3,(H2,35,43)(H,37,39)(H,38,44)/t25-,26+/m1/s1. The molecule has 232 valence electrons. The summed E-state index contributed by atoms with van der Waals surface area (Å²) in [4.78, 5) is 40.9. The summed E-state index contributed by atoms with van der Waals surface area (Å²) in [7, 11) is 2.06. The molecule has 2 aliphatic heterocycles. The third kappa shape index (κ3) is 6.62. The van der Waals surface area contributed by atoms with Gasteiger partial charge in [0.2, 0.25) is 0 Å². The average Bonchev–Trinajstić information content (AvgIpc) is 3.88. The first-order chi connectivity index (χ1) is 21.3. The molecule has 3 fully saturated rings. The van der Waals surface area contributed by atoms with Gasteiger partial charge < -0.3 is 31.1 Å². The number of nitrogens with two attached hydrogens (primary N) is 1. The van der Waals surface area contributed by atoms with E-state index in [-0.39, 0.29) is 35.3 Å². The Morgan fingerprint density at radius 1 is 1.02 bits per heavy atom. The van der Waals surface area contributed by atoms with Gasteiger partial charge in [0, 0.05) is 56.1 Å². The zero-order valence-corrected chi connectivity index (χ0v) is 25.4. The van der Waals surface area contributed by atoms with Crippen LogP contribution >= 0.6 is 0 Å². The van der Waals surface area contributed by atoms with E-state index in [2.05, 4.69) is 51.5 Å². The van der Waals surface area contributed by atoms with Gasteiger partial charge in [-0.3, -0.25) is 9.59 Å². The molecule has 2 aromatic carbocycles. The number of hydrogen-bond acceptors (Lipinski definition) is 8. The van der Waals surface area contributed by atoms with E-state index in [4.69, 9.17) is 10.7 Å². The normalized spacial score (nSPS) is 20.8. The van der Waals surface area contributed by atoms with Crippen LogP contribution in [0.1, 0.15) is 71.4 Å². The van der Waals surface area contributed by atoms with E-state index in [9.17, 15) is 9.59 Å². The quantitative estimate of drug-likeness (QED) is 0.333. The van der Waals surface area contributed by atoms with Gasteiger partial charge in [-0.25, -0.2) is 14.4 Å². The first kappa shape index (κ1) is 29.8. The van der Waals surface area contributed by atoms with E-state index in [1.165, 1.54) is 24.5 Å². The van der Waals surface area contributed by atoms with Gasteiger partial charge in [-0.2, -0.15) is 0 Å². The van der Waals surface area contributed by atoms with Crippen LogP contribution in [0.3, 0.4) is 0 Å². The summed E-state index contributed by atoms with van der Waals surface area (Å²) in [6.45, 7) is 5.91. The molecule has 1 saturated carbocycles. The molecule has 0 radical (unpaired) electrons. The topological polar surface area (TPSA) is 120 Å². The van der Waals surface area contributed by atoms with E-state index in [1.54, 1.807) is 18.3 Å². The third-order valence-electron chi connectivity index (χ3n) is 9.08. The molecule has 4 N–H and O–H groups in total. The number of amides is 2. The second-order valence-electron chi connectivity index (χ2n) is 12.2. The SMILES string of the molecule is CC[C@H]1CC[C@@H](NC(=O)c2ccc(C3CC3)cc2)CN1c1cnc(C(N)=O)c(Nc2ccc(N3CCN(C)CC3)c(F)c2)n1. The van der Waals surface area contributed by atoms with Crippen LogP contribution < -0.4 is 26.2 Å². The molecule has 3 aliphatic rings. The Labute approximate surface area is 257 Å². The Morgan fingerprint density at radius 2 is 1.77 bits per heavy atom. The number of nitrogens with zero attached hydrogens (tertiary/aromatic N) is 5. The molecule has 0 bridgehead atoms. The monoisotopic (exact) mass is 600 g/mol. The average molecular weight is 601 g/mol. The van der Waals surface area contributed by atoms with Gasteiger partial charge in [0.15, 0.2) is 11.5 Å². The van der Waals surface area contributed by atoms with Crippen LogP contribution in [-0.2, 0) is 0 Å². The van der Waals surface area contributed by atoms with E-state index >= 15 is 4.39 Å². The number of halogens is 1. The molecule has 2 saturated heterocycles. The lowest BCUT2D eigenvalue weighted by Crippen LogP contribution is -2.52. The van der Waals surface area contributed by atoms with Crippen molar-refractivity contribution in [2.75, 3.05) is 54.9 Å². The number of anilines is 4. The van der Waals surface area contributed by atoms with Crippen LogP contribution in [0, 0.1) is 5.82 Å². The van der Waals surface area contributed by atoms with Gasteiger partial charge in [0.1, 0.15) is 11.6 Å². The largest absolute Gasteiger partial charge is 0.367 e. The fourth-order valence-corrected chi connectivity index (χ4v) is 6.25. The van der Waals surface area contributed by atoms with E-state index in [1.807, 2.05) is 17.0 Å². The number of piperazine rings is 1. The maximum atomic E-state index is 15.2. The third-order valence-corrected chi connectivity index (χ3v) is 9.08. The van der Waals surface area contributed by atoms with Crippen molar-refractivity contribution < 1.29 is 14.0 Å². The summed E-state index contributed by atoms with van der Waals surface area (Å²) in [5, 5.41) is 6.29. The van der Waals surface area contributed by atoms with Crippen molar-refractivity contribution in [3.05, 3.63) is 71.3 Å². The molecule has 2 amide bonds.